The molecule has 1 amide bonds. The number of methoxy groups -OCH3 is 1. The number of esters is 1. The highest BCUT2D eigenvalue weighted by atomic mass is 35.5. The fourth-order valence-corrected chi connectivity index (χ4v) is 3.27. The zero-order valence-electron chi connectivity index (χ0n) is 13.5. The van der Waals surface area contributed by atoms with Crippen LogP contribution in [0.2, 0.25) is 5.02 Å². The van der Waals surface area contributed by atoms with E-state index in [-0.39, 0.29) is 5.91 Å². The van der Waals surface area contributed by atoms with Gasteiger partial charge < -0.3 is 10.1 Å². The maximum atomic E-state index is 12.1. The minimum absolute atomic E-state index is 0.128. The molecule has 6 heteroatoms. The number of carbonyl (C=O) groups is 2. The number of anilines is 1. The summed E-state index contributed by atoms with van der Waals surface area (Å²) in [7, 11) is 1.33. The average Bonchev–Trinajstić information content (AvgIpc) is 2.58. The number of rotatable bonds is 6. The van der Waals surface area contributed by atoms with Crippen molar-refractivity contribution < 1.29 is 14.3 Å². The van der Waals surface area contributed by atoms with Gasteiger partial charge in [-0.3, -0.25) is 4.79 Å². The van der Waals surface area contributed by atoms with Crippen molar-refractivity contribution in [2.45, 2.75) is 12.7 Å². The molecule has 0 saturated carbocycles. The number of benzene rings is 2. The lowest BCUT2D eigenvalue weighted by atomic mass is 10.1. The quantitative estimate of drug-likeness (QED) is 0.777. The van der Waals surface area contributed by atoms with E-state index >= 15 is 0 Å². The Morgan fingerprint density at radius 1 is 1.17 bits per heavy atom. The Balaban J connectivity index is 1.93. The molecular formula is C18H18ClNO3S. The van der Waals surface area contributed by atoms with Gasteiger partial charge in [-0.2, -0.15) is 0 Å². The third-order valence-electron chi connectivity index (χ3n) is 3.46. The second-order valence-electron chi connectivity index (χ2n) is 5.10. The van der Waals surface area contributed by atoms with Crippen LogP contribution in [0.5, 0.6) is 0 Å². The molecule has 0 radical (unpaired) electrons. The number of carbonyl (C=O) groups excluding carboxylic acids is 2. The first-order chi connectivity index (χ1) is 11.5. The average molecular weight is 364 g/mol. The predicted octanol–water partition coefficient (Wildman–Crippen LogP) is 4.31. The molecule has 4 nitrogen and oxygen atoms in total. The number of nitrogens with one attached hydrogen (secondary N) is 1. The minimum Gasteiger partial charge on any atom is -0.465 e. The van der Waals surface area contributed by atoms with Gasteiger partial charge in [0.2, 0.25) is 5.91 Å². The first kappa shape index (κ1) is 18.4. The van der Waals surface area contributed by atoms with E-state index in [4.69, 9.17) is 16.3 Å². The normalized spacial score (nSPS) is 10.3. The van der Waals surface area contributed by atoms with Gasteiger partial charge in [0.05, 0.1) is 18.4 Å². The lowest BCUT2D eigenvalue weighted by molar-refractivity contribution is -0.113. The van der Waals surface area contributed by atoms with Crippen LogP contribution in [0.25, 0.3) is 0 Å². The van der Waals surface area contributed by atoms with Crippen molar-refractivity contribution in [3.8, 4) is 0 Å². The number of hydrogen-bond acceptors (Lipinski definition) is 4. The second-order valence-corrected chi connectivity index (χ2v) is 6.49. The Hall–Kier alpha value is -1.98. The Morgan fingerprint density at radius 2 is 1.92 bits per heavy atom. The molecule has 0 bridgehead atoms. The van der Waals surface area contributed by atoms with Crippen LogP contribution >= 0.6 is 23.4 Å². The summed E-state index contributed by atoms with van der Waals surface area (Å²) >= 11 is 7.57. The van der Waals surface area contributed by atoms with Crippen LogP contribution in [-0.4, -0.2) is 24.7 Å². The zero-order valence-corrected chi connectivity index (χ0v) is 15.0. The largest absolute Gasteiger partial charge is 0.465 e. The molecule has 0 fully saturated rings. The smallest absolute Gasteiger partial charge is 0.338 e. The fourth-order valence-electron chi connectivity index (χ4n) is 2.16. The number of halogens is 1. The van der Waals surface area contributed by atoms with Gasteiger partial charge in [0.15, 0.2) is 0 Å². The van der Waals surface area contributed by atoms with E-state index in [0.717, 1.165) is 5.56 Å². The monoisotopic (exact) mass is 363 g/mol. The summed E-state index contributed by atoms with van der Waals surface area (Å²) < 4.78 is 4.73. The summed E-state index contributed by atoms with van der Waals surface area (Å²) in [6.45, 7) is 1.78. The van der Waals surface area contributed by atoms with Crippen LogP contribution in [0.1, 0.15) is 21.5 Å². The van der Waals surface area contributed by atoms with Crippen LogP contribution in [0.4, 0.5) is 5.69 Å². The van der Waals surface area contributed by atoms with Gasteiger partial charge in [-0.05, 0) is 36.2 Å². The van der Waals surface area contributed by atoms with Crippen LogP contribution < -0.4 is 5.32 Å². The predicted molar refractivity (Wildman–Crippen MR) is 98.8 cm³/mol. The van der Waals surface area contributed by atoms with Crippen molar-refractivity contribution in [3.63, 3.8) is 0 Å². The molecule has 24 heavy (non-hydrogen) atoms. The number of ether oxygens (including phenoxy) is 1. The van der Waals surface area contributed by atoms with Gasteiger partial charge in [0, 0.05) is 16.5 Å². The molecule has 2 aromatic carbocycles. The van der Waals surface area contributed by atoms with Gasteiger partial charge >= 0.3 is 5.97 Å². The van der Waals surface area contributed by atoms with Gasteiger partial charge in [-0.1, -0.05) is 35.9 Å². The molecule has 126 valence electrons. The molecule has 0 unspecified atom stereocenters. The van der Waals surface area contributed by atoms with Gasteiger partial charge in [-0.15, -0.1) is 11.8 Å². The number of hydrogen-bond donors (Lipinski definition) is 1. The highest BCUT2D eigenvalue weighted by molar-refractivity contribution is 7.99. The van der Waals surface area contributed by atoms with Crippen LogP contribution in [0.15, 0.2) is 42.5 Å². The van der Waals surface area contributed by atoms with E-state index in [9.17, 15) is 9.59 Å². The summed E-state index contributed by atoms with van der Waals surface area (Å²) in [4.78, 5) is 23.8. The van der Waals surface area contributed by atoms with Crippen molar-refractivity contribution in [3.05, 3.63) is 64.2 Å². The highest BCUT2D eigenvalue weighted by Crippen LogP contribution is 2.22. The Labute approximate surface area is 150 Å². The molecule has 2 rings (SSSR count). The maximum Gasteiger partial charge on any atom is 0.338 e. The number of thioether (sulfide) groups is 1. The maximum absolute atomic E-state index is 12.1. The van der Waals surface area contributed by atoms with Crippen LogP contribution in [0.3, 0.4) is 0 Å². The highest BCUT2D eigenvalue weighted by Gasteiger charge is 2.13. The molecule has 0 atom stereocenters. The first-order valence-electron chi connectivity index (χ1n) is 7.32. The Bertz CT molecular complexity index is 749. The topological polar surface area (TPSA) is 55.4 Å². The lowest BCUT2D eigenvalue weighted by Crippen LogP contribution is -2.16. The summed E-state index contributed by atoms with van der Waals surface area (Å²) in [5, 5.41) is 3.53. The van der Waals surface area contributed by atoms with Crippen molar-refractivity contribution >= 4 is 40.9 Å². The van der Waals surface area contributed by atoms with Crippen molar-refractivity contribution in [2.75, 3.05) is 18.2 Å². The van der Waals surface area contributed by atoms with Crippen molar-refractivity contribution in [1.82, 2.24) is 0 Å². The van der Waals surface area contributed by atoms with Crippen molar-refractivity contribution in [1.29, 1.82) is 0 Å². The van der Waals surface area contributed by atoms with Crippen LogP contribution in [0, 0.1) is 6.92 Å². The molecule has 0 aliphatic rings. The Morgan fingerprint density at radius 3 is 2.62 bits per heavy atom. The van der Waals surface area contributed by atoms with E-state index in [1.54, 1.807) is 25.1 Å². The first-order valence-corrected chi connectivity index (χ1v) is 8.85. The van der Waals surface area contributed by atoms with E-state index in [1.807, 2.05) is 24.3 Å². The molecule has 0 spiro atoms. The van der Waals surface area contributed by atoms with Crippen LogP contribution in [-0.2, 0) is 15.3 Å². The second kappa shape index (κ2) is 8.76. The molecule has 1 N–H and O–H groups in total. The summed E-state index contributed by atoms with van der Waals surface area (Å²) in [5.41, 5.74) is 2.75. The fraction of sp³-hybridized carbons (Fsp3) is 0.222. The standard InChI is InChI=1S/C18H18ClNO3S/c1-12-14(18(22)23-2)7-5-9-16(12)20-17(21)11-24-10-13-6-3-4-8-15(13)19/h3-9H,10-11H2,1-2H3,(H,20,21). The van der Waals surface area contributed by atoms with E-state index < -0.39 is 5.97 Å². The van der Waals surface area contributed by atoms with Gasteiger partial charge in [0.1, 0.15) is 0 Å². The molecule has 0 aliphatic heterocycles. The molecule has 0 aliphatic carbocycles. The van der Waals surface area contributed by atoms with Gasteiger partial charge in [0.25, 0.3) is 0 Å². The lowest BCUT2D eigenvalue weighted by Gasteiger charge is -2.11. The SMILES string of the molecule is COC(=O)c1cccc(NC(=O)CSCc2ccccc2Cl)c1C. The summed E-state index contributed by atoms with van der Waals surface area (Å²) in [6, 6.07) is 12.7. The molecular weight excluding hydrogens is 346 g/mol. The molecule has 0 heterocycles. The Kier molecular flexibility index (Phi) is 6.70. The third kappa shape index (κ3) is 4.76. The van der Waals surface area contributed by atoms with E-state index in [2.05, 4.69) is 5.32 Å². The minimum atomic E-state index is -0.420. The third-order valence-corrected chi connectivity index (χ3v) is 4.81. The van der Waals surface area contributed by atoms with Gasteiger partial charge in [-0.25, -0.2) is 4.79 Å². The molecule has 0 aromatic heterocycles. The summed E-state index contributed by atoms with van der Waals surface area (Å²) in [5.74, 6) is 0.412. The summed E-state index contributed by atoms with van der Waals surface area (Å²) in [6.07, 6.45) is 0. The van der Waals surface area contributed by atoms with Crippen molar-refractivity contribution in [2.24, 2.45) is 0 Å². The number of amides is 1. The molecule has 2 aromatic rings. The molecule has 0 saturated heterocycles. The van der Waals surface area contributed by atoms with E-state index in [1.165, 1.54) is 18.9 Å². The van der Waals surface area contributed by atoms with E-state index in [0.29, 0.717) is 33.3 Å². The zero-order chi connectivity index (χ0) is 17.5.